The summed E-state index contributed by atoms with van der Waals surface area (Å²) in [5.41, 5.74) is 5.73. The van der Waals surface area contributed by atoms with E-state index in [0.29, 0.717) is 19.8 Å². The molecule has 0 spiro atoms. The molecule has 0 fully saturated rings. The van der Waals surface area contributed by atoms with Gasteiger partial charge >= 0.3 is 0 Å². The zero-order valence-electron chi connectivity index (χ0n) is 9.65. The second-order valence-electron chi connectivity index (χ2n) is 3.32. The van der Waals surface area contributed by atoms with Crippen molar-refractivity contribution in [2.24, 2.45) is 5.73 Å². The molecule has 0 aromatic heterocycles. The average Bonchev–Trinajstić information content (AvgIpc) is 2.23. The van der Waals surface area contributed by atoms with Crippen molar-refractivity contribution in [1.29, 1.82) is 0 Å². The van der Waals surface area contributed by atoms with Gasteiger partial charge in [-0.1, -0.05) is 6.92 Å². The molecule has 0 aromatic carbocycles. The second-order valence-corrected chi connectivity index (χ2v) is 3.32. The van der Waals surface area contributed by atoms with E-state index in [1.165, 1.54) is 0 Å². The van der Waals surface area contributed by atoms with Crippen molar-refractivity contribution < 1.29 is 19.3 Å². The van der Waals surface area contributed by atoms with Crippen molar-refractivity contribution in [3.63, 3.8) is 0 Å². The minimum Gasteiger partial charge on any atom is -0.394 e. The molecule has 2 unspecified atom stereocenters. The van der Waals surface area contributed by atoms with Gasteiger partial charge in [0.15, 0.2) is 0 Å². The lowest BCUT2D eigenvalue weighted by Gasteiger charge is -2.21. The van der Waals surface area contributed by atoms with Crippen LogP contribution in [-0.4, -0.2) is 57.4 Å². The molecule has 2 atom stereocenters. The van der Waals surface area contributed by atoms with Gasteiger partial charge in [-0.3, -0.25) is 0 Å². The predicted octanol–water partition coefficient (Wildman–Crippen LogP) is -0.236. The number of methoxy groups -OCH3 is 1. The number of hydrogen-bond acceptors (Lipinski definition) is 5. The molecule has 0 aromatic rings. The zero-order valence-corrected chi connectivity index (χ0v) is 9.65. The highest BCUT2D eigenvalue weighted by Gasteiger charge is 2.16. The average molecular weight is 221 g/mol. The lowest BCUT2D eigenvalue weighted by molar-refractivity contribution is -0.0403. The van der Waals surface area contributed by atoms with E-state index < -0.39 is 0 Å². The first kappa shape index (κ1) is 14.8. The predicted molar refractivity (Wildman–Crippen MR) is 57.8 cm³/mol. The Bertz CT molecular complexity index is 135. The number of aliphatic hydroxyl groups excluding tert-OH is 1. The Kier molecular flexibility index (Phi) is 10.2. The van der Waals surface area contributed by atoms with Crippen LogP contribution in [0.15, 0.2) is 0 Å². The first-order valence-corrected chi connectivity index (χ1v) is 5.31. The first-order valence-electron chi connectivity index (χ1n) is 5.31. The molecule has 0 aliphatic heterocycles. The highest BCUT2D eigenvalue weighted by Crippen LogP contribution is 1.97. The normalized spacial score (nSPS) is 15.2. The maximum atomic E-state index is 9.02. The summed E-state index contributed by atoms with van der Waals surface area (Å²) >= 11 is 0. The van der Waals surface area contributed by atoms with Gasteiger partial charge in [0, 0.05) is 13.7 Å². The largest absolute Gasteiger partial charge is 0.394 e. The lowest BCUT2D eigenvalue weighted by atomic mass is 10.2. The zero-order chi connectivity index (χ0) is 11.5. The number of ether oxygens (including phenoxy) is 3. The number of rotatable bonds is 10. The van der Waals surface area contributed by atoms with E-state index in [-0.39, 0.29) is 18.8 Å². The number of aliphatic hydroxyl groups is 1. The quantitative estimate of drug-likeness (QED) is 0.498. The van der Waals surface area contributed by atoms with Crippen molar-refractivity contribution in [3.05, 3.63) is 0 Å². The summed E-state index contributed by atoms with van der Waals surface area (Å²) < 4.78 is 15.5. The van der Waals surface area contributed by atoms with E-state index in [0.717, 1.165) is 13.0 Å². The molecular weight excluding hydrogens is 198 g/mol. The van der Waals surface area contributed by atoms with Crippen molar-refractivity contribution >= 4 is 0 Å². The molecule has 0 bridgehead atoms. The molecule has 3 N–H and O–H groups in total. The van der Waals surface area contributed by atoms with E-state index in [1.807, 2.05) is 6.92 Å². The Morgan fingerprint density at radius 3 is 2.53 bits per heavy atom. The second kappa shape index (κ2) is 10.3. The number of nitrogens with two attached hydrogens (primary N) is 1. The van der Waals surface area contributed by atoms with Gasteiger partial charge in [0.05, 0.1) is 38.6 Å². The third-order valence-electron chi connectivity index (χ3n) is 1.92. The Balaban J connectivity index is 3.51. The third-order valence-corrected chi connectivity index (χ3v) is 1.92. The van der Waals surface area contributed by atoms with Gasteiger partial charge in [0.25, 0.3) is 0 Å². The molecule has 0 aliphatic rings. The van der Waals surface area contributed by atoms with Crippen molar-refractivity contribution in [1.82, 2.24) is 0 Å². The lowest BCUT2D eigenvalue weighted by Crippen LogP contribution is -2.43. The molecule has 0 saturated carbocycles. The van der Waals surface area contributed by atoms with Crippen LogP contribution in [0, 0.1) is 0 Å². The topological polar surface area (TPSA) is 73.9 Å². The minimum atomic E-state index is -0.379. The molecule has 0 saturated heterocycles. The van der Waals surface area contributed by atoms with Crippen molar-refractivity contribution in [2.75, 3.05) is 40.1 Å². The first-order chi connectivity index (χ1) is 7.26. The van der Waals surface area contributed by atoms with Crippen LogP contribution in [0.2, 0.25) is 0 Å². The van der Waals surface area contributed by atoms with Crippen LogP contribution in [-0.2, 0) is 14.2 Å². The molecule has 92 valence electrons. The summed E-state index contributed by atoms with van der Waals surface area (Å²) in [5.74, 6) is 0. The van der Waals surface area contributed by atoms with E-state index >= 15 is 0 Å². The standard InChI is InChI=1S/C10H23NO4/c1-3-4-14-5-6-15-10(7-12)9(11)8-13-2/h9-10,12H,3-8,11H2,1-2H3. The van der Waals surface area contributed by atoms with Crippen LogP contribution in [0.4, 0.5) is 0 Å². The fraction of sp³-hybridized carbons (Fsp3) is 1.00. The summed E-state index contributed by atoms with van der Waals surface area (Å²) in [7, 11) is 1.57. The maximum absolute atomic E-state index is 9.02. The fourth-order valence-corrected chi connectivity index (χ4v) is 1.12. The van der Waals surface area contributed by atoms with Gasteiger partial charge in [-0.15, -0.1) is 0 Å². The molecule has 0 rings (SSSR count). The van der Waals surface area contributed by atoms with Gasteiger partial charge in [0.2, 0.25) is 0 Å². The van der Waals surface area contributed by atoms with Crippen LogP contribution >= 0.6 is 0 Å². The molecular formula is C10H23NO4. The molecule has 0 radical (unpaired) electrons. The third kappa shape index (κ3) is 7.70. The number of hydrogen-bond donors (Lipinski definition) is 2. The van der Waals surface area contributed by atoms with Gasteiger partial charge in [-0.25, -0.2) is 0 Å². The molecule has 0 aliphatic carbocycles. The summed E-state index contributed by atoms with van der Waals surface area (Å²) in [4.78, 5) is 0. The summed E-state index contributed by atoms with van der Waals surface area (Å²) in [5, 5.41) is 9.02. The summed E-state index contributed by atoms with van der Waals surface area (Å²) in [6.07, 6.45) is 0.613. The van der Waals surface area contributed by atoms with Crippen molar-refractivity contribution in [2.45, 2.75) is 25.5 Å². The van der Waals surface area contributed by atoms with E-state index in [4.69, 9.17) is 25.1 Å². The van der Waals surface area contributed by atoms with Crippen LogP contribution in [0.1, 0.15) is 13.3 Å². The van der Waals surface area contributed by atoms with E-state index in [9.17, 15) is 0 Å². The summed E-state index contributed by atoms with van der Waals surface area (Å²) in [6, 6.07) is -0.300. The molecule has 0 heterocycles. The highest BCUT2D eigenvalue weighted by atomic mass is 16.5. The SMILES string of the molecule is CCCOCCOC(CO)C(N)COC. The van der Waals surface area contributed by atoms with Crippen LogP contribution < -0.4 is 5.73 Å². The summed E-state index contributed by atoms with van der Waals surface area (Å²) in [6.45, 7) is 4.04. The van der Waals surface area contributed by atoms with E-state index in [1.54, 1.807) is 7.11 Å². The smallest absolute Gasteiger partial charge is 0.0979 e. The van der Waals surface area contributed by atoms with Gasteiger partial charge in [0.1, 0.15) is 0 Å². The molecule has 5 heteroatoms. The Labute approximate surface area is 91.5 Å². The van der Waals surface area contributed by atoms with Crippen LogP contribution in [0.25, 0.3) is 0 Å². The Hall–Kier alpha value is -0.200. The van der Waals surface area contributed by atoms with Crippen molar-refractivity contribution in [3.8, 4) is 0 Å². The minimum absolute atomic E-state index is 0.0989. The Morgan fingerprint density at radius 1 is 1.27 bits per heavy atom. The van der Waals surface area contributed by atoms with Gasteiger partial charge in [-0.2, -0.15) is 0 Å². The fourth-order valence-electron chi connectivity index (χ4n) is 1.12. The van der Waals surface area contributed by atoms with Crippen LogP contribution in [0.3, 0.4) is 0 Å². The van der Waals surface area contributed by atoms with Crippen LogP contribution in [0.5, 0.6) is 0 Å². The van der Waals surface area contributed by atoms with Gasteiger partial charge in [-0.05, 0) is 6.42 Å². The monoisotopic (exact) mass is 221 g/mol. The van der Waals surface area contributed by atoms with E-state index in [2.05, 4.69) is 0 Å². The Morgan fingerprint density at radius 2 is 2.00 bits per heavy atom. The maximum Gasteiger partial charge on any atom is 0.0979 e. The highest BCUT2D eigenvalue weighted by molar-refractivity contribution is 4.71. The molecule has 0 amide bonds. The van der Waals surface area contributed by atoms with Gasteiger partial charge < -0.3 is 25.1 Å². The molecule has 5 nitrogen and oxygen atoms in total. The molecule has 15 heavy (non-hydrogen) atoms.